The van der Waals surface area contributed by atoms with Crippen LogP contribution in [-0.2, 0) is 10.5 Å². The van der Waals surface area contributed by atoms with Crippen LogP contribution in [0.1, 0.15) is 19.4 Å². The Morgan fingerprint density at radius 3 is 2.55 bits per heavy atom. The zero-order valence-electron chi connectivity index (χ0n) is 12.5. The molecule has 1 aromatic carbocycles. The third kappa shape index (κ3) is 3.56. The molecule has 1 N–H and O–H groups in total. The zero-order chi connectivity index (χ0) is 16.3. The highest BCUT2D eigenvalue weighted by molar-refractivity contribution is 8.13. The van der Waals surface area contributed by atoms with Gasteiger partial charge in [-0.25, -0.2) is 0 Å². The van der Waals surface area contributed by atoms with E-state index in [0.29, 0.717) is 27.3 Å². The number of ketones is 1. The molecule has 22 heavy (non-hydrogen) atoms. The van der Waals surface area contributed by atoms with E-state index in [1.54, 1.807) is 13.1 Å². The van der Waals surface area contributed by atoms with Crippen LogP contribution >= 0.6 is 23.4 Å². The molecule has 7 heteroatoms. The minimum atomic E-state index is -0.232. The van der Waals surface area contributed by atoms with Crippen molar-refractivity contribution in [2.45, 2.75) is 19.6 Å². The standard InChI is InChI=1S/C15H16ClNO4S/c1-8(18)14(9(2)19)15(17-3)22-6-10-4-12-13(5-11(10)16)21-7-20-12/h4-5,18H,6-7H2,1-3H3/b14-8-,17-15?. The summed E-state index contributed by atoms with van der Waals surface area (Å²) in [7, 11) is 1.58. The first-order valence-corrected chi connectivity index (χ1v) is 7.89. The topological polar surface area (TPSA) is 68.1 Å². The lowest BCUT2D eigenvalue weighted by atomic mass is 10.2. The molecule has 0 bridgehead atoms. The molecule has 5 nitrogen and oxygen atoms in total. The number of aliphatic imine (C=N–C) groups is 1. The number of hydrogen-bond acceptors (Lipinski definition) is 6. The molecule has 0 saturated carbocycles. The predicted octanol–water partition coefficient (Wildman–Crippen LogP) is 3.75. The average molecular weight is 342 g/mol. The van der Waals surface area contributed by atoms with E-state index in [-0.39, 0.29) is 23.9 Å². The fraction of sp³-hybridized carbons (Fsp3) is 0.333. The number of aliphatic hydroxyl groups excluding tert-OH is 1. The van der Waals surface area contributed by atoms with Gasteiger partial charge in [0.25, 0.3) is 0 Å². The summed E-state index contributed by atoms with van der Waals surface area (Å²) >= 11 is 7.55. The van der Waals surface area contributed by atoms with Gasteiger partial charge in [0.05, 0.1) is 5.57 Å². The van der Waals surface area contributed by atoms with Crippen LogP contribution < -0.4 is 9.47 Å². The van der Waals surface area contributed by atoms with Crippen LogP contribution in [0, 0.1) is 0 Å². The van der Waals surface area contributed by atoms with E-state index in [4.69, 9.17) is 21.1 Å². The number of carbonyl (C=O) groups is 1. The molecule has 0 aliphatic carbocycles. The van der Waals surface area contributed by atoms with Crippen molar-refractivity contribution < 1.29 is 19.4 Å². The van der Waals surface area contributed by atoms with E-state index in [1.807, 2.05) is 6.07 Å². The van der Waals surface area contributed by atoms with Crippen molar-refractivity contribution >= 4 is 34.2 Å². The monoisotopic (exact) mass is 341 g/mol. The first kappa shape index (κ1) is 16.7. The Labute approximate surface area is 138 Å². The highest BCUT2D eigenvalue weighted by Crippen LogP contribution is 2.38. The van der Waals surface area contributed by atoms with Gasteiger partial charge in [-0.15, -0.1) is 11.8 Å². The number of hydrogen-bond donors (Lipinski definition) is 1. The Bertz CT molecular complexity index is 666. The quantitative estimate of drug-likeness (QED) is 0.391. The lowest BCUT2D eigenvalue weighted by Crippen LogP contribution is -2.10. The highest BCUT2D eigenvalue weighted by atomic mass is 35.5. The molecule has 1 aromatic rings. The lowest BCUT2D eigenvalue weighted by Gasteiger charge is -2.10. The predicted molar refractivity (Wildman–Crippen MR) is 88.2 cm³/mol. The van der Waals surface area contributed by atoms with Crippen LogP contribution in [0.25, 0.3) is 0 Å². The van der Waals surface area contributed by atoms with Gasteiger partial charge >= 0.3 is 0 Å². The maximum Gasteiger partial charge on any atom is 0.231 e. The third-order valence-corrected chi connectivity index (χ3v) is 4.50. The summed E-state index contributed by atoms with van der Waals surface area (Å²) in [6.45, 7) is 3.05. The Kier molecular flexibility index (Phi) is 5.37. The Balaban J connectivity index is 2.19. The van der Waals surface area contributed by atoms with E-state index in [0.717, 1.165) is 5.56 Å². The molecule has 1 aliphatic heterocycles. The number of benzene rings is 1. The first-order chi connectivity index (χ1) is 10.4. The van der Waals surface area contributed by atoms with Crippen molar-refractivity contribution in [3.63, 3.8) is 0 Å². The second kappa shape index (κ2) is 7.07. The minimum absolute atomic E-state index is 0.0441. The normalized spacial score (nSPS) is 14.8. The second-order valence-corrected chi connectivity index (χ2v) is 6.00. The number of Topliss-reactive ketones (excluding diaryl/α,β-unsaturated/α-hetero) is 1. The number of aliphatic hydroxyl groups is 1. The molecule has 0 aromatic heterocycles. The SMILES string of the molecule is CN=C(SCc1cc2c(cc1Cl)OCO2)/C(C(C)=O)=C(/C)O. The van der Waals surface area contributed by atoms with Gasteiger partial charge in [-0.3, -0.25) is 9.79 Å². The molecular weight excluding hydrogens is 326 g/mol. The molecule has 2 rings (SSSR count). The van der Waals surface area contributed by atoms with Gasteiger partial charge in [-0.05, 0) is 25.5 Å². The maximum absolute atomic E-state index is 11.6. The number of carbonyl (C=O) groups excluding carboxylic acids is 1. The van der Waals surface area contributed by atoms with E-state index in [9.17, 15) is 9.90 Å². The fourth-order valence-corrected chi connectivity index (χ4v) is 3.42. The largest absolute Gasteiger partial charge is 0.512 e. The van der Waals surface area contributed by atoms with E-state index in [1.165, 1.54) is 25.6 Å². The summed E-state index contributed by atoms with van der Waals surface area (Å²) in [5.41, 5.74) is 1.07. The molecule has 1 heterocycles. The smallest absolute Gasteiger partial charge is 0.231 e. The molecule has 0 radical (unpaired) electrons. The number of fused-ring (bicyclic) bond motifs is 1. The summed E-state index contributed by atoms with van der Waals surface area (Å²) in [4.78, 5) is 15.7. The van der Waals surface area contributed by atoms with Crippen molar-refractivity contribution in [3.05, 3.63) is 34.1 Å². The Morgan fingerprint density at radius 2 is 2.00 bits per heavy atom. The summed E-state index contributed by atoms with van der Waals surface area (Å²) in [6.07, 6.45) is 0. The molecule has 0 fully saturated rings. The van der Waals surface area contributed by atoms with Crippen molar-refractivity contribution in [1.82, 2.24) is 0 Å². The molecule has 0 amide bonds. The number of allylic oxidation sites excluding steroid dienone is 1. The molecule has 0 unspecified atom stereocenters. The Morgan fingerprint density at radius 1 is 1.36 bits per heavy atom. The first-order valence-electron chi connectivity index (χ1n) is 6.52. The molecular formula is C15H16ClNO4S. The number of nitrogens with zero attached hydrogens (tertiary/aromatic N) is 1. The van der Waals surface area contributed by atoms with Crippen molar-refractivity contribution in [1.29, 1.82) is 0 Å². The van der Waals surface area contributed by atoms with E-state index < -0.39 is 0 Å². The molecule has 118 valence electrons. The number of halogens is 1. The number of ether oxygens (including phenoxy) is 2. The van der Waals surface area contributed by atoms with E-state index in [2.05, 4.69) is 4.99 Å². The van der Waals surface area contributed by atoms with Crippen LogP contribution in [0.4, 0.5) is 0 Å². The van der Waals surface area contributed by atoms with Gasteiger partial charge in [0.1, 0.15) is 10.8 Å². The second-order valence-electron chi connectivity index (χ2n) is 4.63. The van der Waals surface area contributed by atoms with Gasteiger partial charge in [-0.2, -0.15) is 0 Å². The minimum Gasteiger partial charge on any atom is -0.512 e. The van der Waals surface area contributed by atoms with Gasteiger partial charge in [0.15, 0.2) is 17.3 Å². The average Bonchev–Trinajstić information content (AvgIpc) is 2.88. The maximum atomic E-state index is 11.6. The van der Waals surface area contributed by atoms with Crippen molar-refractivity contribution in [3.8, 4) is 11.5 Å². The summed E-state index contributed by atoms with van der Waals surface area (Å²) < 4.78 is 10.6. The lowest BCUT2D eigenvalue weighted by molar-refractivity contribution is -0.113. The van der Waals surface area contributed by atoms with E-state index >= 15 is 0 Å². The van der Waals surface area contributed by atoms with Crippen LogP contribution in [-0.4, -0.2) is 29.8 Å². The van der Waals surface area contributed by atoms with Crippen molar-refractivity contribution in [2.24, 2.45) is 4.99 Å². The molecule has 0 atom stereocenters. The van der Waals surface area contributed by atoms with Crippen LogP contribution in [0.2, 0.25) is 5.02 Å². The van der Waals surface area contributed by atoms with Crippen LogP contribution in [0.5, 0.6) is 11.5 Å². The van der Waals surface area contributed by atoms with Gasteiger partial charge < -0.3 is 14.6 Å². The summed E-state index contributed by atoms with van der Waals surface area (Å²) in [6, 6.07) is 3.52. The third-order valence-electron chi connectivity index (χ3n) is 3.04. The number of thioether (sulfide) groups is 1. The summed E-state index contributed by atoms with van der Waals surface area (Å²) in [5, 5.41) is 10.7. The number of rotatable bonds is 4. The van der Waals surface area contributed by atoms with Crippen molar-refractivity contribution in [2.75, 3.05) is 13.8 Å². The molecule has 0 saturated heterocycles. The van der Waals surface area contributed by atoms with Crippen LogP contribution in [0.15, 0.2) is 28.5 Å². The highest BCUT2D eigenvalue weighted by Gasteiger charge is 2.19. The summed E-state index contributed by atoms with van der Waals surface area (Å²) in [5.74, 6) is 1.49. The zero-order valence-corrected chi connectivity index (χ0v) is 14.0. The van der Waals surface area contributed by atoms with Gasteiger partial charge in [-0.1, -0.05) is 11.6 Å². The Hall–Kier alpha value is -1.66. The van der Waals surface area contributed by atoms with Crippen LogP contribution in [0.3, 0.4) is 0 Å². The fourth-order valence-electron chi connectivity index (χ4n) is 2.02. The van der Waals surface area contributed by atoms with Gasteiger partial charge in [0.2, 0.25) is 6.79 Å². The van der Waals surface area contributed by atoms with Gasteiger partial charge in [0, 0.05) is 23.9 Å². The molecule has 1 aliphatic rings. The molecule has 0 spiro atoms.